The molecule has 4 nitrogen and oxygen atoms in total. The number of hydrogen-bond acceptors (Lipinski definition) is 3. The van der Waals surface area contributed by atoms with Crippen LogP contribution in [-0.4, -0.2) is 30.8 Å². The van der Waals surface area contributed by atoms with Crippen LogP contribution in [0.15, 0.2) is 12.3 Å². The maximum Gasteiger partial charge on any atom is 0.329 e. The van der Waals surface area contributed by atoms with Gasteiger partial charge in [0.15, 0.2) is 0 Å². The lowest BCUT2D eigenvalue weighted by molar-refractivity contribution is -0.131. The molecule has 2 N–H and O–H groups in total. The second-order valence-electron chi connectivity index (χ2n) is 1.82. The first-order valence-corrected chi connectivity index (χ1v) is 3.48. The summed E-state index contributed by atoms with van der Waals surface area (Å²) in [6, 6.07) is 0. The molecule has 0 aromatic heterocycles. The summed E-state index contributed by atoms with van der Waals surface area (Å²) in [6.45, 7) is 3.83. The summed E-state index contributed by atoms with van der Waals surface area (Å²) in [7, 11) is 0. The van der Waals surface area contributed by atoms with Crippen molar-refractivity contribution in [2.75, 3.05) is 19.8 Å². The molecule has 64 valence electrons. The summed E-state index contributed by atoms with van der Waals surface area (Å²) in [6.07, 6.45) is 2.44. The van der Waals surface area contributed by atoms with Gasteiger partial charge >= 0.3 is 5.97 Å². The number of hydrogen-bond donors (Lipinski definition) is 2. The number of ether oxygens (including phenoxy) is 1. The summed E-state index contributed by atoms with van der Waals surface area (Å²) in [5, 5.41) is 10.9. The second kappa shape index (κ2) is 7.08. The Balaban J connectivity index is 3.07. The van der Waals surface area contributed by atoms with Crippen LogP contribution in [0.25, 0.3) is 0 Å². The third kappa shape index (κ3) is 8.97. The van der Waals surface area contributed by atoms with Crippen molar-refractivity contribution in [1.82, 2.24) is 5.32 Å². The first-order chi connectivity index (χ1) is 5.27. The first-order valence-electron chi connectivity index (χ1n) is 3.48. The van der Waals surface area contributed by atoms with Gasteiger partial charge in [-0.25, -0.2) is 4.79 Å². The third-order valence-electron chi connectivity index (χ3n) is 0.939. The molecule has 4 heteroatoms. The van der Waals surface area contributed by atoms with Gasteiger partial charge < -0.3 is 15.2 Å². The van der Waals surface area contributed by atoms with Crippen LogP contribution >= 0.6 is 0 Å². The van der Waals surface area contributed by atoms with Crippen LogP contribution in [0, 0.1) is 0 Å². The number of carboxylic acid groups (broad SMARTS) is 1. The van der Waals surface area contributed by atoms with Crippen molar-refractivity contribution >= 4 is 5.97 Å². The van der Waals surface area contributed by atoms with Crippen molar-refractivity contribution in [1.29, 1.82) is 0 Å². The largest absolute Gasteiger partial charge is 0.478 e. The molecule has 11 heavy (non-hydrogen) atoms. The highest BCUT2D eigenvalue weighted by molar-refractivity contribution is 5.79. The molecule has 0 rings (SSSR count). The Morgan fingerprint density at radius 3 is 3.00 bits per heavy atom. The number of carbonyl (C=O) groups is 1. The molecule has 0 aliphatic rings. The summed E-state index contributed by atoms with van der Waals surface area (Å²) < 4.78 is 5.00. The number of aliphatic carboxylic acids is 1. The van der Waals surface area contributed by atoms with E-state index in [4.69, 9.17) is 9.84 Å². The topological polar surface area (TPSA) is 58.6 Å². The molecular weight excluding hydrogens is 146 g/mol. The van der Waals surface area contributed by atoms with E-state index < -0.39 is 5.97 Å². The molecule has 0 radical (unpaired) electrons. The Bertz CT molecular complexity index is 134. The predicted octanol–water partition coefficient (Wildman–Crippen LogP) is 0.211. The Morgan fingerprint density at radius 1 is 1.73 bits per heavy atom. The highest BCUT2D eigenvalue weighted by Gasteiger charge is 1.84. The molecule has 0 amide bonds. The van der Waals surface area contributed by atoms with Crippen LogP contribution < -0.4 is 5.32 Å². The van der Waals surface area contributed by atoms with Gasteiger partial charge in [-0.2, -0.15) is 0 Å². The van der Waals surface area contributed by atoms with Crippen LogP contribution in [0.4, 0.5) is 0 Å². The molecule has 0 spiro atoms. The minimum atomic E-state index is -0.950. The second-order valence-corrected chi connectivity index (χ2v) is 1.82. The fourth-order valence-corrected chi connectivity index (χ4v) is 0.489. The van der Waals surface area contributed by atoms with Crippen LogP contribution in [0.5, 0.6) is 0 Å². The highest BCUT2D eigenvalue weighted by Crippen LogP contribution is 1.71. The average Bonchev–Trinajstić information content (AvgIpc) is 1.96. The number of nitrogens with one attached hydrogen (secondary N) is 1. The normalized spacial score (nSPS) is 10.3. The van der Waals surface area contributed by atoms with Crippen molar-refractivity contribution in [3.63, 3.8) is 0 Å². The van der Waals surface area contributed by atoms with Crippen molar-refractivity contribution in [2.24, 2.45) is 0 Å². The van der Waals surface area contributed by atoms with Gasteiger partial charge in [0.05, 0.1) is 6.61 Å². The minimum Gasteiger partial charge on any atom is -0.478 e. The van der Waals surface area contributed by atoms with E-state index in [1.165, 1.54) is 6.20 Å². The Kier molecular flexibility index (Phi) is 6.42. The Labute approximate surface area is 65.9 Å². The third-order valence-corrected chi connectivity index (χ3v) is 0.939. The Morgan fingerprint density at radius 2 is 2.45 bits per heavy atom. The molecule has 0 aliphatic carbocycles. The highest BCUT2D eigenvalue weighted by atomic mass is 16.5. The molecule has 0 aromatic rings. The molecule has 0 aromatic carbocycles. The van der Waals surface area contributed by atoms with Crippen LogP contribution in [-0.2, 0) is 9.53 Å². The van der Waals surface area contributed by atoms with Crippen molar-refractivity contribution in [2.45, 2.75) is 6.92 Å². The van der Waals surface area contributed by atoms with E-state index in [0.29, 0.717) is 19.8 Å². The SMILES string of the molecule is CCOCCNC=CC(=O)O. The lowest BCUT2D eigenvalue weighted by Gasteiger charge is -1.99. The first kappa shape index (κ1) is 9.97. The fraction of sp³-hybridized carbons (Fsp3) is 0.571. The van der Waals surface area contributed by atoms with E-state index in [9.17, 15) is 4.79 Å². The lowest BCUT2D eigenvalue weighted by atomic mass is 10.6. The van der Waals surface area contributed by atoms with E-state index in [-0.39, 0.29) is 0 Å². The molecule has 0 atom stereocenters. The van der Waals surface area contributed by atoms with Gasteiger partial charge in [-0.05, 0) is 6.92 Å². The maximum absolute atomic E-state index is 9.93. The lowest BCUT2D eigenvalue weighted by Crippen LogP contribution is -2.13. The van der Waals surface area contributed by atoms with Gasteiger partial charge in [0.1, 0.15) is 0 Å². The molecule has 0 bridgehead atoms. The minimum absolute atomic E-state index is 0.598. The molecule has 0 heterocycles. The van der Waals surface area contributed by atoms with Crippen molar-refractivity contribution in [3.05, 3.63) is 12.3 Å². The van der Waals surface area contributed by atoms with Crippen molar-refractivity contribution in [3.8, 4) is 0 Å². The summed E-state index contributed by atoms with van der Waals surface area (Å²) in [5.74, 6) is -0.950. The summed E-state index contributed by atoms with van der Waals surface area (Å²) in [5.41, 5.74) is 0. The smallest absolute Gasteiger partial charge is 0.329 e. The summed E-state index contributed by atoms with van der Waals surface area (Å²) >= 11 is 0. The summed E-state index contributed by atoms with van der Waals surface area (Å²) in [4.78, 5) is 9.93. The van der Waals surface area contributed by atoms with Crippen LogP contribution in [0.3, 0.4) is 0 Å². The van der Waals surface area contributed by atoms with E-state index in [1.54, 1.807) is 0 Å². The van der Waals surface area contributed by atoms with E-state index >= 15 is 0 Å². The van der Waals surface area contributed by atoms with Gasteiger partial charge in [-0.15, -0.1) is 0 Å². The molecular formula is C7H13NO3. The Hall–Kier alpha value is -1.03. The van der Waals surface area contributed by atoms with E-state index in [0.717, 1.165) is 6.08 Å². The van der Waals surface area contributed by atoms with Gasteiger partial charge in [-0.1, -0.05) is 0 Å². The van der Waals surface area contributed by atoms with Gasteiger partial charge in [-0.3, -0.25) is 0 Å². The van der Waals surface area contributed by atoms with E-state index in [1.807, 2.05) is 6.92 Å². The molecule has 0 saturated heterocycles. The molecule has 0 saturated carbocycles. The van der Waals surface area contributed by atoms with Gasteiger partial charge in [0.25, 0.3) is 0 Å². The quantitative estimate of drug-likeness (QED) is 0.429. The molecule has 0 aliphatic heterocycles. The maximum atomic E-state index is 9.93. The van der Waals surface area contributed by atoms with Gasteiger partial charge in [0.2, 0.25) is 0 Å². The van der Waals surface area contributed by atoms with Crippen molar-refractivity contribution < 1.29 is 14.6 Å². The monoisotopic (exact) mass is 159 g/mol. The number of rotatable bonds is 6. The fourth-order valence-electron chi connectivity index (χ4n) is 0.489. The van der Waals surface area contributed by atoms with Crippen LogP contribution in [0.1, 0.15) is 6.92 Å². The van der Waals surface area contributed by atoms with Gasteiger partial charge in [0, 0.05) is 25.4 Å². The predicted molar refractivity (Wildman–Crippen MR) is 41.3 cm³/mol. The molecule has 0 unspecified atom stereocenters. The average molecular weight is 159 g/mol. The zero-order valence-corrected chi connectivity index (χ0v) is 6.54. The number of carboxylic acids is 1. The zero-order chi connectivity index (χ0) is 8.53. The van der Waals surface area contributed by atoms with E-state index in [2.05, 4.69) is 5.32 Å². The standard InChI is InChI=1S/C7H13NO3/c1-2-11-6-5-8-4-3-7(9)10/h3-4,8H,2,5-6H2,1H3,(H,9,10). The zero-order valence-electron chi connectivity index (χ0n) is 6.54. The molecule has 0 fully saturated rings. The van der Waals surface area contributed by atoms with Crippen LogP contribution in [0.2, 0.25) is 0 Å².